The number of nitrogens with two attached hydrogens (primary N) is 1. The van der Waals surface area contributed by atoms with Crippen molar-refractivity contribution in [2.45, 2.75) is 151 Å². The Balaban J connectivity index is 0.000000236. The van der Waals surface area contributed by atoms with Gasteiger partial charge in [0.15, 0.2) is 0 Å². The van der Waals surface area contributed by atoms with Crippen LogP contribution in [0.15, 0.2) is 77.9 Å². The van der Waals surface area contributed by atoms with Gasteiger partial charge in [0.05, 0.1) is 30.2 Å². The molecule has 21 heteroatoms. The summed E-state index contributed by atoms with van der Waals surface area (Å²) in [5.41, 5.74) is 16.4. The second-order valence-corrected chi connectivity index (χ2v) is 18.2. The summed E-state index contributed by atoms with van der Waals surface area (Å²) in [5.74, 6) is 0.185. The Morgan fingerprint density at radius 2 is 0.865 bits per heavy atom. The largest absolute Gasteiger partial charge is 0.473 e. The molecule has 3 aliphatic rings. The topological polar surface area (TPSA) is 176 Å². The number of aromatic nitrogens is 6. The molecule has 3 N–H and O–H groups in total. The summed E-state index contributed by atoms with van der Waals surface area (Å²) in [5, 5.41) is 26.0. The summed E-state index contributed by atoms with van der Waals surface area (Å²) in [6.45, 7) is 2.26. The van der Waals surface area contributed by atoms with Crippen molar-refractivity contribution in [3.63, 3.8) is 0 Å². The third-order valence-electron chi connectivity index (χ3n) is 12.9. The van der Waals surface area contributed by atoms with Gasteiger partial charge in [-0.15, -0.1) is 12.4 Å². The van der Waals surface area contributed by atoms with Gasteiger partial charge in [-0.2, -0.15) is 15.3 Å². The molecule has 3 heterocycles. The molecule has 0 atom stereocenters. The number of aliphatic hydroxyl groups is 1. The van der Waals surface area contributed by atoms with Crippen molar-refractivity contribution in [1.82, 2.24) is 29.3 Å². The Bertz CT molecular complexity index is 2580. The first-order valence-corrected chi connectivity index (χ1v) is 24.2. The molecule has 6 aromatic rings. The van der Waals surface area contributed by atoms with E-state index in [0.717, 1.165) is 99.1 Å². The van der Waals surface area contributed by atoms with Crippen LogP contribution in [0.25, 0.3) is 10.4 Å². The molecular weight excluding hydrogens is 990 g/mol. The van der Waals surface area contributed by atoms with Crippen LogP contribution in [0.2, 0.25) is 0 Å². The third-order valence-corrected chi connectivity index (χ3v) is 12.9. The van der Waals surface area contributed by atoms with Crippen LogP contribution < -0.4 is 19.9 Å². The van der Waals surface area contributed by atoms with Crippen LogP contribution in [0.1, 0.15) is 126 Å². The highest BCUT2D eigenvalue weighted by molar-refractivity contribution is 5.85. The van der Waals surface area contributed by atoms with E-state index in [2.05, 4.69) is 25.3 Å². The predicted molar refractivity (Wildman–Crippen MR) is 272 cm³/mol. The molecular formula is C53H69ClF6N10O4. The molecule has 0 amide bonds. The molecule has 14 nitrogen and oxygen atoms in total. The highest BCUT2D eigenvalue weighted by atomic mass is 35.5. The molecule has 0 radical (unpaired) electrons. The fourth-order valence-corrected chi connectivity index (χ4v) is 9.18. The highest BCUT2D eigenvalue weighted by Gasteiger charge is 2.22. The zero-order valence-corrected chi connectivity index (χ0v) is 40.8. The summed E-state index contributed by atoms with van der Waals surface area (Å²) < 4.78 is 103. The van der Waals surface area contributed by atoms with Crippen LogP contribution in [0.5, 0.6) is 17.6 Å². The Morgan fingerprint density at radius 3 is 1.20 bits per heavy atom. The first-order valence-electron chi connectivity index (χ1n) is 24.2. The fourth-order valence-electron chi connectivity index (χ4n) is 9.18. The molecule has 3 aromatic carbocycles. The normalized spacial score (nSPS) is 14.4. The molecule has 0 unspecified atom stereocenters. The van der Waals surface area contributed by atoms with Crippen molar-refractivity contribution in [3.05, 3.63) is 152 Å². The van der Waals surface area contributed by atoms with Gasteiger partial charge in [-0.05, 0) is 116 Å². The van der Waals surface area contributed by atoms with Crippen molar-refractivity contribution in [3.8, 4) is 17.6 Å². The number of nitrogens with zero attached hydrogens (tertiary/aromatic N) is 9. The van der Waals surface area contributed by atoms with Crippen LogP contribution in [-0.2, 0) is 59.2 Å². The number of hydrogen-bond acceptors (Lipinski definition) is 9. The Hall–Kier alpha value is -6.21. The summed E-state index contributed by atoms with van der Waals surface area (Å²) in [7, 11) is 0. The number of hydrogen-bond donors (Lipinski definition) is 2. The molecule has 3 aliphatic carbocycles. The van der Waals surface area contributed by atoms with Gasteiger partial charge in [-0.3, -0.25) is 0 Å². The Morgan fingerprint density at radius 1 is 0.541 bits per heavy atom. The van der Waals surface area contributed by atoms with E-state index >= 15 is 0 Å². The van der Waals surface area contributed by atoms with E-state index in [1.54, 1.807) is 32.2 Å². The van der Waals surface area contributed by atoms with Gasteiger partial charge in [0.2, 0.25) is 17.6 Å². The maximum Gasteiger partial charge on any atom is 0.212 e. The number of azide groups is 1. The van der Waals surface area contributed by atoms with Gasteiger partial charge < -0.3 is 25.1 Å². The van der Waals surface area contributed by atoms with E-state index in [4.69, 9.17) is 25.5 Å². The van der Waals surface area contributed by atoms with Crippen LogP contribution >= 0.6 is 12.4 Å². The number of rotatable bonds is 19. The van der Waals surface area contributed by atoms with Gasteiger partial charge in [0.25, 0.3) is 0 Å². The lowest BCUT2D eigenvalue weighted by Gasteiger charge is -2.13. The first kappa shape index (κ1) is 60.3. The molecule has 0 spiro atoms. The molecule has 3 saturated carbocycles. The lowest BCUT2D eigenvalue weighted by Crippen LogP contribution is -2.12. The minimum atomic E-state index is -0.516. The Kier molecular flexibility index (Phi) is 24.7. The SMILES string of the molecule is C.C.Cl.NCc1cc(OCc2cc(F)ccc2F)n(CC2CCCC2)n1.OCc1cc(OCc2cc(F)ccc2F)n(CC2CCCC2)n1.[N-]=[N+]=NCc1cc(OCc2cc(F)ccc2F)n(CC2CCCC2)n1. The first-order chi connectivity index (χ1) is 34.5. The van der Waals surface area contributed by atoms with E-state index in [-0.39, 0.29) is 76.9 Å². The van der Waals surface area contributed by atoms with Crippen LogP contribution in [0, 0.1) is 52.7 Å². The molecule has 0 aliphatic heterocycles. The maximum atomic E-state index is 13.7. The van der Waals surface area contributed by atoms with E-state index in [1.165, 1.54) is 51.4 Å². The van der Waals surface area contributed by atoms with E-state index < -0.39 is 34.9 Å². The van der Waals surface area contributed by atoms with Crippen molar-refractivity contribution in [2.24, 2.45) is 28.6 Å². The molecule has 9 rings (SSSR count). The summed E-state index contributed by atoms with van der Waals surface area (Å²) in [6.07, 6.45) is 14.4. The highest BCUT2D eigenvalue weighted by Crippen LogP contribution is 2.31. The van der Waals surface area contributed by atoms with Crippen molar-refractivity contribution < 1.29 is 45.7 Å². The van der Waals surface area contributed by atoms with Gasteiger partial charge in [-0.1, -0.05) is 58.5 Å². The van der Waals surface area contributed by atoms with E-state index in [0.29, 0.717) is 59.9 Å². The molecule has 74 heavy (non-hydrogen) atoms. The maximum absolute atomic E-state index is 13.7. The van der Waals surface area contributed by atoms with Gasteiger partial charge >= 0.3 is 0 Å². The molecule has 3 fully saturated rings. The predicted octanol–water partition coefficient (Wildman–Crippen LogP) is 13.2. The van der Waals surface area contributed by atoms with E-state index in [9.17, 15) is 31.4 Å². The monoisotopic (exact) mass is 1060 g/mol. The summed E-state index contributed by atoms with van der Waals surface area (Å²) >= 11 is 0. The van der Waals surface area contributed by atoms with Crippen LogP contribution in [-0.4, -0.2) is 34.4 Å². The molecule has 0 saturated heterocycles. The second kappa shape index (κ2) is 30.2. The van der Waals surface area contributed by atoms with Gasteiger partial charge in [0, 0.05) is 66.0 Å². The number of halogens is 7. The van der Waals surface area contributed by atoms with Gasteiger partial charge in [-0.25, -0.2) is 40.4 Å². The average Bonchev–Trinajstić information content (AvgIpc) is 4.25. The zero-order chi connectivity index (χ0) is 50.1. The lowest BCUT2D eigenvalue weighted by molar-refractivity contribution is 0.255. The molecule has 404 valence electrons. The second-order valence-electron chi connectivity index (χ2n) is 18.2. The average molecular weight is 1060 g/mol. The smallest absolute Gasteiger partial charge is 0.212 e. The van der Waals surface area contributed by atoms with Crippen LogP contribution in [0.4, 0.5) is 26.3 Å². The zero-order valence-electron chi connectivity index (χ0n) is 40.0. The number of benzene rings is 3. The van der Waals surface area contributed by atoms with E-state index in [1.807, 2.05) is 0 Å². The lowest BCUT2D eigenvalue weighted by atomic mass is 10.1. The number of aliphatic hydroxyl groups excluding tert-OH is 1. The fraction of sp³-hybridized carbons (Fsp3) is 0.491. The standard InChI is InChI=1S/C17H19F2N5O.C17H21F2N3O.C17H20F2N2O2.2CH4.ClH/c18-14-5-6-16(19)13(7-14)11-25-17-8-15(9-21-23-20)22-24(17)10-12-3-1-2-4-12;18-14-5-6-16(19)13(7-14)11-23-17-8-15(9-20)21-22(17)10-12-3-1-2-4-12;18-14-5-6-16(19)13(7-14)11-23-17-8-15(10-22)20-21(17)9-12-3-1-2-4-12;;;/h5-8,12H,1-4,9-11H2;5-8,12H,1-4,9-11,20H2;5-8,12,22H,1-4,9-11H2;2*1H4;1H. The minimum Gasteiger partial charge on any atom is -0.473 e. The van der Waals surface area contributed by atoms with Crippen molar-refractivity contribution in [1.29, 1.82) is 0 Å². The minimum absolute atomic E-state index is 0. The number of ether oxygens (including phenoxy) is 3. The van der Waals surface area contributed by atoms with Gasteiger partial charge in [0.1, 0.15) is 54.7 Å². The quantitative estimate of drug-likeness (QED) is 0.0348. The molecule has 0 bridgehead atoms. The third kappa shape index (κ3) is 17.7. The summed E-state index contributed by atoms with van der Waals surface area (Å²) in [4.78, 5) is 2.73. The Labute approximate surface area is 435 Å². The molecule has 3 aromatic heterocycles. The van der Waals surface area contributed by atoms with Crippen molar-refractivity contribution >= 4 is 12.4 Å². The van der Waals surface area contributed by atoms with Crippen LogP contribution in [0.3, 0.4) is 0 Å². The summed E-state index contributed by atoms with van der Waals surface area (Å²) in [6, 6.07) is 15.0. The van der Waals surface area contributed by atoms with Crippen molar-refractivity contribution in [2.75, 3.05) is 0 Å².